The van der Waals surface area contributed by atoms with E-state index >= 15 is 0 Å². The van der Waals surface area contributed by atoms with Crippen molar-refractivity contribution in [2.24, 2.45) is 0 Å². The average molecular weight is 310 g/mol. The SMILES string of the molecule is CCCc1ccc(OCCCOc2ccc3c(c2)CCC3)cc1. The second-order valence-corrected chi connectivity index (χ2v) is 6.23. The fourth-order valence-electron chi connectivity index (χ4n) is 3.12. The van der Waals surface area contributed by atoms with Gasteiger partial charge in [-0.2, -0.15) is 0 Å². The zero-order valence-corrected chi connectivity index (χ0v) is 14.0. The van der Waals surface area contributed by atoms with Crippen LogP contribution in [0.5, 0.6) is 11.5 Å². The molecule has 3 rings (SSSR count). The summed E-state index contributed by atoms with van der Waals surface area (Å²) in [6.07, 6.45) is 6.91. The van der Waals surface area contributed by atoms with Crippen LogP contribution in [0.2, 0.25) is 0 Å². The first-order chi connectivity index (χ1) is 11.3. The van der Waals surface area contributed by atoms with Crippen LogP contribution >= 0.6 is 0 Å². The van der Waals surface area contributed by atoms with Crippen LogP contribution in [0, 0.1) is 0 Å². The predicted octanol–water partition coefficient (Wildman–Crippen LogP) is 4.98. The Balaban J connectivity index is 1.37. The lowest BCUT2D eigenvalue weighted by atomic mass is 10.1. The molecule has 0 saturated carbocycles. The predicted molar refractivity (Wildman–Crippen MR) is 94.5 cm³/mol. The summed E-state index contributed by atoms with van der Waals surface area (Å²) in [6.45, 7) is 3.59. The highest BCUT2D eigenvalue weighted by Crippen LogP contribution is 2.26. The lowest BCUT2D eigenvalue weighted by Gasteiger charge is -2.09. The van der Waals surface area contributed by atoms with Crippen molar-refractivity contribution in [1.29, 1.82) is 0 Å². The molecule has 122 valence electrons. The van der Waals surface area contributed by atoms with E-state index in [0.717, 1.165) is 24.3 Å². The summed E-state index contributed by atoms with van der Waals surface area (Å²) in [5.41, 5.74) is 4.33. The van der Waals surface area contributed by atoms with Crippen LogP contribution in [0.4, 0.5) is 0 Å². The summed E-state index contributed by atoms with van der Waals surface area (Å²) >= 11 is 0. The maximum atomic E-state index is 5.84. The van der Waals surface area contributed by atoms with Gasteiger partial charge in [0.2, 0.25) is 0 Å². The van der Waals surface area contributed by atoms with Crippen molar-refractivity contribution in [2.45, 2.75) is 45.4 Å². The minimum Gasteiger partial charge on any atom is -0.493 e. The normalized spacial score (nSPS) is 12.9. The smallest absolute Gasteiger partial charge is 0.119 e. The number of aryl methyl sites for hydroxylation is 3. The van der Waals surface area contributed by atoms with Crippen LogP contribution in [-0.4, -0.2) is 13.2 Å². The molecule has 0 spiro atoms. The Kier molecular flexibility index (Phi) is 5.57. The van der Waals surface area contributed by atoms with Gasteiger partial charge in [0.1, 0.15) is 11.5 Å². The van der Waals surface area contributed by atoms with Crippen molar-refractivity contribution < 1.29 is 9.47 Å². The standard InChI is InChI=1S/C21H26O2/c1-2-5-17-8-11-20(12-9-17)22-14-4-15-23-21-13-10-18-6-3-7-19(18)16-21/h8-13,16H,2-7,14-15H2,1H3. The van der Waals surface area contributed by atoms with Crippen LogP contribution in [0.25, 0.3) is 0 Å². The summed E-state index contributed by atoms with van der Waals surface area (Å²) < 4.78 is 11.6. The van der Waals surface area contributed by atoms with Crippen molar-refractivity contribution in [1.82, 2.24) is 0 Å². The largest absolute Gasteiger partial charge is 0.493 e. The van der Waals surface area contributed by atoms with E-state index in [1.165, 1.54) is 42.4 Å². The van der Waals surface area contributed by atoms with Gasteiger partial charge in [-0.1, -0.05) is 31.5 Å². The second-order valence-electron chi connectivity index (χ2n) is 6.23. The van der Waals surface area contributed by atoms with Crippen LogP contribution in [0.15, 0.2) is 42.5 Å². The molecule has 2 aromatic carbocycles. The van der Waals surface area contributed by atoms with Crippen molar-refractivity contribution >= 4 is 0 Å². The summed E-state index contributed by atoms with van der Waals surface area (Å²) in [7, 11) is 0. The van der Waals surface area contributed by atoms with Gasteiger partial charge in [0, 0.05) is 6.42 Å². The van der Waals surface area contributed by atoms with Gasteiger partial charge < -0.3 is 9.47 Å². The highest BCUT2D eigenvalue weighted by molar-refractivity contribution is 5.38. The lowest BCUT2D eigenvalue weighted by Crippen LogP contribution is -2.05. The van der Waals surface area contributed by atoms with Gasteiger partial charge in [-0.25, -0.2) is 0 Å². The maximum Gasteiger partial charge on any atom is 0.119 e. The number of benzene rings is 2. The first-order valence-electron chi connectivity index (χ1n) is 8.81. The maximum absolute atomic E-state index is 5.84. The van der Waals surface area contributed by atoms with E-state index in [-0.39, 0.29) is 0 Å². The summed E-state index contributed by atoms with van der Waals surface area (Å²) in [5, 5.41) is 0. The van der Waals surface area contributed by atoms with Crippen LogP contribution < -0.4 is 9.47 Å². The Morgan fingerprint density at radius 1 is 0.826 bits per heavy atom. The molecule has 0 unspecified atom stereocenters. The number of ether oxygens (including phenoxy) is 2. The Labute approximate surface area is 139 Å². The van der Waals surface area contributed by atoms with E-state index in [1.54, 1.807) is 0 Å². The molecule has 2 nitrogen and oxygen atoms in total. The molecule has 0 radical (unpaired) electrons. The number of rotatable bonds is 8. The van der Waals surface area contributed by atoms with Gasteiger partial charge in [-0.15, -0.1) is 0 Å². The molecule has 0 bridgehead atoms. The molecule has 1 aliphatic carbocycles. The molecule has 0 N–H and O–H groups in total. The minimum absolute atomic E-state index is 0.693. The van der Waals surface area contributed by atoms with Crippen LogP contribution in [-0.2, 0) is 19.3 Å². The van der Waals surface area contributed by atoms with E-state index in [0.29, 0.717) is 13.2 Å². The third-order valence-electron chi connectivity index (χ3n) is 4.36. The molecule has 0 fully saturated rings. The molecule has 0 atom stereocenters. The van der Waals surface area contributed by atoms with Gasteiger partial charge in [0.05, 0.1) is 13.2 Å². The van der Waals surface area contributed by atoms with Crippen molar-refractivity contribution in [2.75, 3.05) is 13.2 Å². The Bertz CT molecular complexity index is 616. The Morgan fingerprint density at radius 2 is 1.52 bits per heavy atom. The quantitative estimate of drug-likeness (QED) is 0.640. The highest BCUT2D eigenvalue weighted by atomic mass is 16.5. The summed E-state index contributed by atoms with van der Waals surface area (Å²) in [6, 6.07) is 14.9. The van der Waals surface area contributed by atoms with Crippen molar-refractivity contribution in [3.05, 3.63) is 59.2 Å². The molecule has 2 heteroatoms. The van der Waals surface area contributed by atoms with Crippen LogP contribution in [0.1, 0.15) is 42.9 Å². The van der Waals surface area contributed by atoms with E-state index < -0.39 is 0 Å². The molecular formula is C21H26O2. The van der Waals surface area contributed by atoms with E-state index in [9.17, 15) is 0 Å². The monoisotopic (exact) mass is 310 g/mol. The second kappa shape index (κ2) is 8.05. The zero-order chi connectivity index (χ0) is 15.9. The number of hydrogen-bond acceptors (Lipinski definition) is 2. The molecule has 0 aliphatic heterocycles. The van der Waals surface area contributed by atoms with Crippen molar-refractivity contribution in [3.63, 3.8) is 0 Å². The zero-order valence-electron chi connectivity index (χ0n) is 14.0. The molecular weight excluding hydrogens is 284 g/mol. The van der Waals surface area contributed by atoms with E-state index in [1.807, 2.05) is 0 Å². The number of fused-ring (bicyclic) bond motifs is 1. The summed E-state index contributed by atoms with van der Waals surface area (Å²) in [4.78, 5) is 0. The summed E-state index contributed by atoms with van der Waals surface area (Å²) in [5.74, 6) is 1.94. The Hall–Kier alpha value is -1.96. The van der Waals surface area contributed by atoms with E-state index in [2.05, 4.69) is 49.4 Å². The molecule has 0 amide bonds. The minimum atomic E-state index is 0.693. The first-order valence-corrected chi connectivity index (χ1v) is 8.81. The average Bonchev–Trinajstić information content (AvgIpc) is 3.04. The topological polar surface area (TPSA) is 18.5 Å². The molecule has 0 saturated heterocycles. The van der Waals surface area contributed by atoms with Gasteiger partial charge in [-0.05, 0) is 66.6 Å². The third kappa shape index (κ3) is 4.51. The fraction of sp³-hybridized carbons (Fsp3) is 0.429. The molecule has 1 aliphatic rings. The van der Waals surface area contributed by atoms with Gasteiger partial charge in [-0.3, -0.25) is 0 Å². The highest BCUT2D eigenvalue weighted by Gasteiger charge is 2.10. The molecule has 0 aromatic heterocycles. The van der Waals surface area contributed by atoms with E-state index in [4.69, 9.17) is 9.47 Å². The van der Waals surface area contributed by atoms with Gasteiger partial charge in [0.15, 0.2) is 0 Å². The third-order valence-corrected chi connectivity index (χ3v) is 4.36. The van der Waals surface area contributed by atoms with Crippen LogP contribution in [0.3, 0.4) is 0 Å². The lowest BCUT2D eigenvalue weighted by molar-refractivity contribution is 0.247. The van der Waals surface area contributed by atoms with Gasteiger partial charge >= 0.3 is 0 Å². The van der Waals surface area contributed by atoms with Gasteiger partial charge in [0.25, 0.3) is 0 Å². The molecule has 2 aromatic rings. The Morgan fingerprint density at radius 3 is 2.30 bits per heavy atom. The first kappa shape index (κ1) is 15.9. The fourth-order valence-corrected chi connectivity index (χ4v) is 3.12. The number of hydrogen-bond donors (Lipinski definition) is 0. The molecule has 23 heavy (non-hydrogen) atoms. The molecule has 0 heterocycles. The van der Waals surface area contributed by atoms with Crippen molar-refractivity contribution in [3.8, 4) is 11.5 Å².